The van der Waals surface area contributed by atoms with Gasteiger partial charge in [0.25, 0.3) is 0 Å². The van der Waals surface area contributed by atoms with Crippen molar-refractivity contribution in [3.05, 3.63) is 23.0 Å². The Morgan fingerprint density at radius 3 is 2.83 bits per heavy atom. The Balaban J connectivity index is 0.00000121. The van der Waals surface area contributed by atoms with E-state index in [2.05, 4.69) is 4.98 Å². The second kappa shape index (κ2) is 5.19. The van der Waals surface area contributed by atoms with Crippen LogP contribution in [0.4, 0.5) is 0 Å². The van der Waals surface area contributed by atoms with E-state index in [1.165, 1.54) is 0 Å². The lowest BCUT2D eigenvalue weighted by Gasteiger charge is -2.02. The van der Waals surface area contributed by atoms with Crippen LogP contribution in [0.1, 0.15) is 5.56 Å². The zero-order valence-corrected chi connectivity index (χ0v) is 8.15. The van der Waals surface area contributed by atoms with E-state index in [0.29, 0.717) is 17.4 Å². The van der Waals surface area contributed by atoms with Crippen molar-refractivity contribution in [2.24, 2.45) is 5.73 Å². The Morgan fingerprint density at radius 2 is 2.33 bits per heavy atom. The van der Waals surface area contributed by atoms with Gasteiger partial charge in [0, 0.05) is 12.7 Å². The summed E-state index contributed by atoms with van der Waals surface area (Å²) in [6, 6.07) is 1.77. The summed E-state index contributed by atoms with van der Waals surface area (Å²) in [5.74, 6) is 0.564. The fourth-order valence-electron chi connectivity index (χ4n) is 0.723. The third kappa shape index (κ3) is 2.52. The summed E-state index contributed by atoms with van der Waals surface area (Å²) < 4.78 is 4.94. The van der Waals surface area contributed by atoms with Crippen LogP contribution in [0.25, 0.3) is 0 Å². The SMILES string of the molecule is COc1cc(CN)cnc1Cl.Cl. The highest BCUT2D eigenvalue weighted by Gasteiger charge is 2.01. The van der Waals surface area contributed by atoms with Crippen LogP contribution in [0.5, 0.6) is 5.75 Å². The highest BCUT2D eigenvalue weighted by Crippen LogP contribution is 2.21. The number of halogens is 2. The second-order valence-corrected chi connectivity index (χ2v) is 2.40. The molecule has 0 fully saturated rings. The monoisotopic (exact) mass is 208 g/mol. The van der Waals surface area contributed by atoms with E-state index in [4.69, 9.17) is 22.1 Å². The molecular weight excluding hydrogens is 199 g/mol. The lowest BCUT2D eigenvalue weighted by atomic mass is 10.3. The number of nitrogens with zero attached hydrogens (tertiary/aromatic N) is 1. The van der Waals surface area contributed by atoms with E-state index in [-0.39, 0.29) is 12.4 Å². The van der Waals surface area contributed by atoms with Gasteiger partial charge in [-0.25, -0.2) is 4.98 Å². The van der Waals surface area contributed by atoms with Gasteiger partial charge < -0.3 is 10.5 Å². The lowest BCUT2D eigenvalue weighted by Crippen LogP contribution is -1.98. The minimum atomic E-state index is 0. The van der Waals surface area contributed by atoms with Gasteiger partial charge in [-0.3, -0.25) is 0 Å². The smallest absolute Gasteiger partial charge is 0.171 e. The predicted octanol–water partition coefficient (Wildman–Crippen LogP) is 1.62. The minimum absolute atomic E-state index is 0. The van der Waals surface area contributed by atoms with Gasteiger partial charge >= 0.3 is 0 Å². The van der Waals surface area contributed by atoms with Crippen LogP contribution >= 0.6 is 24.0 Å². The fourth-order valence-corrected chi connectivity index (χ4v) is 0.904. The topological polar surface area (TPSA) is 48.1 Å². The maximum absolute atomic E-state index is 5.68. The molecule has 2 N–H and O–H groups in total. The molecule has 1 rings (SSSR count). The maximum Gasteiger partial charge on any atom is 0.171 e. The first-order valence-corrected chi connectivity index (χ1v) is 3.54. The first kappa shape index (κ1) is 11.5. The molecule has 0 unspecified atom stereocenters. The van der Waals surface area contributed by atoms with Gasteiger partial charge in [-0.2, -0.15) is 0 Å². The van der Waals surface area contributed by atoms with Crippen molar-refractivity contribution in [3.8, 4) is 5.75 Å². The number of hydrogen-bond acceptors (Lipinski definition) is 3. The second-order valence-electron chi connectivity index (χ2n) is 2.04. The van der Waals surface area contributed by atoms with E-state index < -0.39 is 0 Å². The normalized spacial score (nSPS) is 8.92. The Morgan fingerprint density at radius 1 is 1.67 bits per heavy atom. The Kier molecular flexibility index (Phi) is 4.97. The minimum Gasteiger partial charge on any atom is -0.494 e. The number of hydrogen-bond donors (Lipinski definition) is 1. The van der Waals surface area contributed by atoms with Crippen molar-refractivity contribution in [1.82, 2.24) is 4.98 Å². The number of nitrogens with two attached hydrogens (primary N) is 1. The van der Waals surface area contributed by atoms with Crippen LogP contribution < -0.4 is 10.5 Å². The molecule has 0 saturated heterocycles. The molecule has 3 nitrogen and oxygen atoms in total. The van der Waals surface area contributed by atoms with Gasteiger partial charge in [-0.05, 0) is 11.6 Å². The molecule has 0 atom stereocenters. The number of aromatic nitrogens is 1. The van der Waals surface area contributed by atoms with Crippen LogP contribution in [-0.4, -0.2) is 12.1 Å². The van der Waals surface area contributed by atoms with Gasteiger partial charge in [0.1, 0.15) is 0 Å². The van der Waals surface area contributed by atoms with Crippen LogP contribution in [-0.2, 0) is 6.54 Å². The Labute approximate surface area is 82.3 Å². The Bertz CT molecular complexity index is 255. The van der Waals surface area contributed by atoms with Crippen molar-refractivity contribution in [2.75, 3.05) is 7.11 Å². The third-order valence-electron chi connectivity index (χ3n) is 1.32. The van der Waals surface area contributed by atoms with Crippen molar-refractivity contribution in [2.45, 2.75) is 6.54 Å². The number of ether oxygens (including phenoxy) is 1. The average Bonchev–Trinajstić information content (AvgIpc) is 2.05. The fraction of sp³-hybridized carbons (Fsp3) is 0.286. The molecule has 5 heteroatoms. The summed E-state index contributed by atoms with van der Waals surface area (Å²) in [5, 5.41) is 0.365. The maximum atomic E-state index is 5.68. The summed E-state index contributed by atoms with van der Waals surface area (Å²) in [6.07, 6.45) is 1.63. The van der Waals surface area contributed by atoms with E-state index in [0.717, 1.165) is 5.56 Å². The van der Waals surface area contributed by atoms with Gasteiger partial charge in [-0.15, -0.1) is 12.4 Å². The summed E-state index contributed by atoms with van der Waals surface area (Å²) in [4.78, 5) is 3.88. The Hall–Kier alpha value is -0.510. The number of rotatable bonds is 2. The largest absolute Gasteiger partial charge is 0.494 e. The zero-order valence-electron chi connectivity index (χ0n) is 6.58. The molecule has 68 valence electrons. The molecule has 0 aliphatic carbocycles. The van der Waals surface area contributed by atoms with Gasteiger partial charge in [0.15, 0.2) is 10.9 Å². The van der Waals surface area contributed by atoms with Gasteiger partial charge in [-0.1, -0.05) is 11.6 Å². The van der Waals surface area contributed by atoms with Crippen LogP contribution in [0, 0.1) is 0 Å². The van der Waals surface area contributed by atoms with Crippen LogP contribution in [0.3, 0.4) is 0 Å². The molecule has 0 radical (unpaired) electrons. The van der Waals surface area contributed by atoms with Gasteiger partial charge in [0.05, 0.1) is 7.11 Å². The molecule has 1 aromatic rings. The van der Waals surface area contributed by atoms with Crippen LogP contribution in [0.2, 0.25) is 5.15 Å². The molecule has 0 aliphatic heterocycles. The van der Waals surface area contributed by atoms with E-state index in [1.807, 2.05) is 0 Å². The highest BCUT2D eigenvalue weighted by atomic mass is 35.5. The molecular formula is C7H10Cl2N2O. The molecule has 0 aromatic carbocycles. The lowest BCUT2D eigenvalue weighted by molar-refractivity contribution is 0.412. The van der Waals surface area contributed by atoms with Crippen molar-refractivity contribution < 1.29 is 4.74 Å². The molecule has 12 heavy (non-hydrogen) atoms. The molecule has 0 bridgehead atoms. The highest BCUT2D eigenvalue weighted by molar-refractivity contribution is 6.30. The molecule has 0 spiro atoms. The standard InChI is InChI=1S/C7H9ClN2O.ClH/c1-11-6-2-5(3-9)4-10-7(6)8;/h2,4H,3,9H2,1H3;1H. The number of methoxy groups -OCH3 is 1. The van der Waals surface area contributed by atoms with E-state index >= 15 is 0 Å². The summed E-state index contributed by atoms with van der Waals surface area (Å²) in [6.45, 7) is 0.445. The molecule has 0 amide bonds. The first-order chi connectivity index (χ1) is 5.27. The van der Waals surface area contributed by atoms with E-state index in [1.54, 1.807) is 19.4 Å². The first-order valence-electron chi connectivity index (χ1n) is 3.16. The summed E-state index contributed by atoms with van der Waals surface area (Å²) in [7, 11) is 1.54. The molecule has 1 aromatic heterocycles. The average molecular weight is 209 g/mol. The van der Waals surface area contributed by atoms with Crippen molar-refractivity contribution in [3.63, 3.8) is 0 Å². The van der Waals surface area contributed by atoms with E-state index in [9.17, 15) is 0 Å². The summed E-state index contributed by atoms with van der Waals surface area (Å²) in [5.41, 5.74) is 6.29. The molecule has 1 heterocycles. The zero-order chi connectivity index (χ0) is 8.27. The molecule has 0 aliphatic rings. The van der Waals surface area contributed by atoms with Crippen molar-refractivity contribution >= 4 is 24.0 Å². The molecule has 0 saturated carbocycles. The summed E-state index contributed by atoms with van der Waals surface area (Å²) >= 11 is 5.68. The number of pyridine rings is 1. The predicted molar refractivity (Wildman–Crippen MR) is 50.9 cm³/mol. The quantitative estimate of drug-likeness (QED) is 0.753. The van der Waals surface area contributed by atoms with Gasteiger partial charge in [0.2, 0.25) is 0 Å². The van der Waals surface area contributed by atoms with Crippen molar-refractivity contribution in [1.29, 1.82) is 0 Å². The third-order valence-corrected chi connectivity index (χ3v) is 1.60. The van der Waals surface area contributed by atoms with Crippen LogP contribution in [0.15, 0.2) is 12.3 Å².